The Kier molecular flexibility index (Phi) is 3.10. The summed E-state index contributed by atoms with van der Waals surface area (Å²) in [5, 5.41) is 11.7. The van der Waals surface area contributed by atoms with Crippen molar-refractivity contribution in [1.29, 1.82) is 0 Å². The minimum absolute atomic E-state index is 0.251. The maximum atomic E-state index is 11.8. The monoisotopic (exact) mass is 263 g/mol. The first-order chi connectivity index (χ1) is 8.97. The number of carbonyl (C=O) groups excluding carboxylic acids is 1. The third-order valence-corrected chi connectivity index (χ3v) is 2.19. The minimum atomic E-state index is -0.994. The third kappa shape index (κ3) is 2.65. The molecule has 2 aromatic rings. The van der Waals surface area contributed by atoms with E-state index in [2.05, 4.69) is 15.3 Å². The van der Waals surface area contributed by atoms with Crippen LogP contribution >= 0.6 is 0 Å². The van der Waals surface area contributed by atoms with E-state index < -0.39 is 28.6 Å². The number of carbonyl (C=O) groups is 1. The predicted molar refractivity (Wildman–Crippen MR) is 64.1 cm³/mol. The highest BCUT2D eigenvalue weighted by molar-refractivity contribution is 6.05. The van der Waals surface area contributed by atoms with Crippen LogP contribution in [0.15, 0.2) is 22.0 Å². The first kappa shape index (κ1) is 12.5. The molecule has 9 nitrogen and oxygen atoms in total. The van der Waals surface area contributed by atoms with Crippen molar-refractivity contribution < 1.29 is 9.90 Å². The number of nitrogens with one attached hydrogen (secondary N) is 3. The van der Waals surface area contributed by atoms with Gasteiger partial charge in [0, 0.05) is 0 Å². The molecule has 0 saturated carbocycles. The molecule has 98 valence electrons. The lowest BCUT2D eigenvalue weighted by atomic mass is 10.3. The molecule has 0 saturated heterocycles. The first-order valence-corrected chi connectivity index (χ1v) is 5.13. The van der Waals surface area contributed by atoms with Crippen LogP contribution in [-0.4, -0.2) is 30.9 Å². The number of hydrogen-bond acceptors (Lipinski definition) is 6. The summed E-state index contributed by atoms with van der Waals surface area (Å²) in [6.07, 6.45) is 2.69. The van der Waals surface area contributed by atoms with E-state index in [1.807, 2.05) is 9.97 Å². The number of amides is 1. The summed E-state index contributed by atoms with van der Waals surface area (Å²) in [4.78, 5) is 45.5. The van der Waals surface area contributed by atoms with Crippen LogP contribution in [0.1, 0.15) is 16.2 Å². The highest BCUT2D eigenvalue weighted by Gasteiger charge is 2.17. The van der Waals surface area contributed by atoms with Gasteiger partial charge in [-0.15, -0.1) is 0 Å². The van der Waals surface area contributed by atoms with Gasteiger partial charge in [-0.1, -0.05) is 0 Å². The lowest BCUT2D eigenvalue weighted by Crippen LogP contribution is -2.30. The summed E-state index contributed by atoms with van der Waals surface area (Å²) in [5.74, 6) is -1.18. The fourth-order valence-corrected chi connectivity index (χ4v) is 1.34. The standard InChI is InChI=1S/C10H9N5O4/c1-4-11-2-5(3-12-4)13-7(16)6-8(17)14-10(19)15-9(6)18/h2-3H,1H3,(H,13,16)(H3,14,15,17,18,19). The molecule has 0 radical (unpaired) electrons. The SMILES string of the molecule is Cc1ncc(NC(=O)c2c(O)[nH]c(=O)[nH]c2=O)cn1. The Morgan fingerprint density at radius 3 is 2.47 bits per heavy atom. The molecule has 4 N–H and O–H groups in total. The number of aromatic nitrogens is 4. The molecule has 0 aliphatic rings. The summed E-state index contributed by atoms with van der Waals surface area (Å²) in [7, 11) is 0. The second-order valence-electron chi connectivity index (χ2n) is 3.60. The Labute approximate surface area is 105 Å². The number of aryl methyl sites for hydroxylation is 1. The van der Waals surface area contributed by atoms with Crippen molar-refractivity contribution in [2.24, 2.45) is 0 Å². The Balaban J connectivity index is 2.33. The molecule has 0 spiro atoms. The Bertz CT molecular complexity index is 731. The van der Waals surface area contributed by atoms with E-state index in [4.69, 9.17) is 0 Å². The van der Waals surface area contributed by atoms with Crippen molar-refractivity contribution >= 4 is 11.6 Å². The largest absolute Gasteiger partial charge is 0.494 e. The van der Waals surface area contributed by atoms with Gasteiger partial charge in [0.05, 0.1) is 18.1 Å². The predicted octanol–water partition coefficient (Wildman–Crippen LogP) is -0.880. The Morgan fingerprint density at radius 1 is 1.26 bits per heavy atom. The molecule has 1 amide bonds. The van der Waals surface area contributed by atoms with Gasteiger partial charge < -0.3 is 10.4 Å². The van der Waals surface area contributed by atoms with Crippen LogP contribution in [0, 0.1) is 6.92 Å². The van der Waals surface area contributed by atoms with Gasteiger partial charge in [-0.2, -0.15) is 0 Å². The fraction of sp³-hybridized carbons (Fsp3) is 0.100. The summed E-state index contributed by atoms with van der Waals surface area (Å²) < 4.78 is 0. The molecule has 0 aromatic carbocycles. The summed E-state index contributed by atoms with van der Waals surface area (Å²) in [6, 6.07) is 0. The molecule has 2 aromatic heterocycles. The number of anilines is 1. The number of nitrogens with zero attached hydrogens (tertiary/aromatic N) is 2. The molecule has 0 aliphatic carbocycles. The summed E-state index contributed by atoms with van der Waals surface area (Å²) in [5.41, 5.74) is -2.25. The van der Waals surface area contributed by atoms with Crippen LogP contribution < -0.4 is 16.6 Å². The highest BCUT2D eigenvalue weighted by Crippen LogP contribution is 2.09. The zero-order chi connectivity index (χ0) is 14.0. The molecule has 0 aliphatic heterocycles. The zero-order valence-corrected chi connectivity index (χ0v) is 9.72. The maximum Gasteiger partial charge on any atom is 0.328 e. The first-order valence-electron chi connectivity index (χ1n) is 5.13. The fourth-order valence-electron chi connectivity index (χ4n) is 1.34. The minimum Gasteiger partial charge on any atom is -0.494 e. The van der Waals surface area contributed by atoms with Gasteiger partial charge in [0.1, 0.15) is 5.82 Å². The van der Waals surface area contributed by atoms with Gasteiger partial charge in [-0.25, -0.2) is 14.8 Å². The molecule has 0 bridgehead atoms. The molecule has 0 atom stereocenters. The van der Waals surface area contributed by atoms with E-state index in [-0.39, 0.29) is 5.69 Å². The van der Waals surface area contributed by atoms with E-state index >= 15 is 0 Å². The van der Waals surface area contributed by atoms with Gasteiger partial charge in [0.25, 0.3) is 11.5 Å². The number of aromatic hydroxyl groups is 1. The topological polar surface area (TPSA) is 141 Å². The van der Waals surface area contributed by atoms with E-state index in [1.165, 1.54) is 12.4 Å². The molecule has 2 rings (SSSR count). The van der Waals surface area contributed by atoms with E-state index in [0.717, 1.165) is 0 Å². The summed E-state index contributed by atoms with van der Waals surface area (Å²) >= 11 is 0. The molecule has 9 heteroatoms. The number of H-pyrrole nitrogens is 2. The van der Waals surface area contributed by atoms with Crippen molar-refractivity contribution in [1.82, 2.24) is 19.9 Å². The van der Waals surface area contributed by atoms with Gasteiger partial charge in [-0.05, 0) is 6.92 Å². The van der Waals surface area contributed by atoms with Gasteiger partial charge >= 0.3 is 5.69 Å². The van der Waals surface area contributed by atoms with Gasteiger partial charge in [0.2, 0.25) is 5.88 Å². The van der Waals surface area contributed by atoms with Crippen molar-refractivity contribution in [2.45, 2.75) is 6.92 Å². The second-order valence-corrected chi connectivity index (χ2v) is 3.60. The summed E-state index contributed by atoms with van der Waals surface area (Å²) in [6.45, 7) is 1.67. The lowest BCUT2D eigenvalue weighted by molar-refractivity contribution is 0.102. The van der Waals surface area contributed by atoms with Gasteiger partial charge in [-0.3, -0.25) is 19.6 Å². The van der Waals surface area contributed by atoms with Crippen LogP contribution in [0.2, 0.25) is 0 Å². The lowest BCUT2D eigenvalue weighted by Gasteiger charge is -2.04. The molecular weight excluding hydrogens is 254 g/mol. The average molecular weight is 263 g/mol. The number of hydrogen-bond donors (Lipinski definition) is 4. The van der Waals surface area contributed by atoms with Crippen LogP contribution in [0.4, 0.5) is 5.69 Å². The van der Waals surface area contributed by atoms with Crippen LogP contribution in [-0.2, 0) is 0 Å². The normalized spacial score (nSPS) is 10.2. The van der Waals surface area contributed by atoms with Crippen LogP contribution in [0.5, 0.6) is 5.88 Å². The number of aromatic amines is 2. The van der Waals surface area contributed by atoms with Crippen molar-refractivity contribution in [3.63, 3.8) is 0 Å². The van der Waals surface area contributed by atoms with Gasteiger partial charge in [0.15, 0.2) is 5.56 Å². The Morgan fingerprint density at radius 2 is 1.89 bits per heavy atom. The number of rotatable bonds is 2. The maximum absolute atomic E-state index is 11.8. The molecule has 2 heterocycles. The van der Waals surface area contributed by atoms with Crippen LogP contribution in [0.25, 0.3) is 0 Å². The average Bonchev–Trinajstić information content (AvgIpc) is 2.30. The molecular formula is C10H9N5O4. The quantitative estimate of drug-likeness (QED) is 0.554. The Hall–Kier alpha value is -2.97. The van der Waals surface area contributed by atoms with Crippen molar-refractivity contribution in [2.75, 3.05) is 5.32 Å². The van der Waals surface area contributed by atoms with E-state index in [9.17, 15) is 19.5 Å². The molecule has 19 heavy (non-hydrogen) atoms. The van der Waals surface area contributed by atoms with E-state index in [1.54, 1.807) is 6.92 Å². The van der Waals surface area contributed by atoms with E-state index in [0.29, 0.717) is 5.82 Å². The van der Waals surface area contributed by atoms with Crippen molar-refractivity contribution in [3.05, 3.63) is 44.6 Å². The molecule has 0 unspecified atom stereocenters. The zero-order valence-electron chi connectivity index (χ0n) is 9.72. The third-order valence-electron chi connectivity index (χ3n) is 2.19. The smallest absolute Gasteiger partial charge is 0.328 e. The second kappa shape index (κ2) is 4.72. The van der Waals surface area contributed by atoms with Crippen molar-refractivity contribution in [3.8, 4) is 5.88 Å². The highest BCUT2D eigenvalue weighted by atomic mass is 16.3. The molecule has 0 fully saturated rings. The van der Waals surface area contributed by atoms with Crippen LogP contribution in [0.3, 0.4) is 0 Å².